The highest BCUT2D eigenvalue weighted by Gasteiger charge is 2.19. The molecule has 1 aromatic heterocycles. The van der Waals surface area contributed by atoms with Gasteiger partial charge in [-0.3, -0.25) is 4.98 Å². The smallest absolute Gasteiger partial charge is 0.0986 e. The van der Waals surface area contributed by atoms with Crippen molar-refractivity contribution in [2.75, 3.05) is 18.4 Å². The zero-order valence-electron chi connectivity index (χ0n) is 19.2. The van der Waals surface area contributed by atoms with E-state index in [-0.39, 0.29) is 5.41 Å². The molecule has 166 valence electrons. The molecule has 5 nitrogen and oxygen atoms in total. The highest BCUT2D eigenvalue weighted by molar-refractivity contribution is 6.32. The summed E-state index contributed by atoms with van der Waals surface area (Å²) in [6, 6.07) is 10.5. The summed E-state index contributed by atoms with van der Waals surface area (Å²) >= 11 is 6.59. The van der Waals surface area contributed by atoms with E-state index < -0.39 is 0 Å². The lowest BCUT2D eigenvalue weighted by molar-refractivity contribution is 0.384. The van der Waals surface area contributed by atoms with Crippen LogP contribution in [0.4, 0.5) is 5.69 Å². The van der Waals surface area contributed by atoms with Crippen molar-refractivity contribution in [2.24, 2.45) is 10.2 Å². The lowest BCUT2D eigenvalue weighted by Crippen LogP contribution is -2.30. The Labute approximate surface area is 195 Å². The molecule has 2 aliphatic heterocycles. The van der Waals surface area contributed by atoms with Gasteiger partial charge in [0.05, 0.1) is 22.2 Å². The Bertz CT molecular complexity index is 1120. The van der Waals surface area contributed by atoms with Crippen molar-refractivity contribution >= 4 is 34.3 Å². The Kier molecular flexibility index (Phi) is 6.20. The maximum absolute atomic E-state index is 6.59. The van der Waals surface area contributed by atoms with Gasteiger partial charge in [-0.25, -0.2) is 0 Å². The van der Waals surface area contributed by atoms with Gasteiger partial charge in [-0.15, -0.1) is 0 Å². The third kappa shape index (κ3) is 4.94. The predicted octanol–water partition coefficient (Wildman–Crippen LogP) is 6.27. The molecule has 1 N–H and O–H groups in total. The number of hydrogen-bond donors (Lipinski definition) is 1. The van der Waals surface area contributed by atoms with E-state index in [0.29, 0.717) is 5.02 Å². The van der Waals surface area contributed by atoms with Crippen LogP contribution in [0.1, 0.15) is 57.4 Å². The maximum atomic E-state index is 6.59. The SMILES string of the molecule is C=C(Nc1ccc(C(C)(C)C)cc1)N1CC=C(c2ncc(C3=NN=C(C)C3)cc2Cl)CC1. The van der Waals surface area contributed by atoms with Crippen molar-refractivity contribution in [1.82, 2.24) is 9.88 Å². The molecule has 0 aliphatic carbocycles. The second kappa shape index (κ2) is 8.91. The molecule has 1 aromatic carbocycles. The molecule has 6 heteroatoms. The van der Waals surface area contributed by atoms with Crippen LogP contribution in [0.25, 0.3) is 5.57 Å². The molecule has 2 aliphatic rings. The number of nitrogens with zero attached hydrogens (tertiary/aromatic N) is 4. The molecule has 0 unspecified atom stereocenters. The summed E-state index contributed by atoms with van der Waals surface area (Å²) in [5.41, 5.74) is 7.40. The van der Waals surface area contributed by atoms with Crippen molar-refractivity contribution in [3.63, 3.8) is 0 Å². The summed E-state index contributed by atoms with van der Waals surface area (Å²) in [4.78, 5) is 6.88. The Balaban J connectivity index is 1.39. The molecule has 2 aromatic rings. The molecule has 3 heterocycles. The van der Waals surface area contributed by atoms with Gasteiger partial charge in [-0.1, -0.05) is 57.2 Å². The van der Waals surface area contributed by atoms with Crippen molar-refractivity contribution in [3.05, 3.63) is 76.8 Å². The van der Waals surface area contributed by atoms with Gasteiger partial charge >= 0.3 is 0 Å². The van der Waals surface area contributed by atoms with Crippen LogP contribution in [0.15, 0.2) is 65.2 Å². The van der Waals surface area contributed by atoms with Gasteiger partial charge in [-0.05, 0) is 48.1 Å². The molecule has 4 rings (SSSR count). The van der Waals surface area contributed by atoms with Crippen LogP contribution in [0.2, 0.25) is 5.02 Å². The molecule has 0 bridgehead atoms. The van der Waals surface area contributed by atoms with Gasteiger partial charge in [0.2, 0.25) is 0 Å². The van der Waals surface area contributed by atoms with E-state index >= 15 is 0 Å². The molecule has 0 amide bonds. The van der Waals surface area contributed by atoms with Crippen LogP contribution in [0, 0.1) is 0 Å². The molecule has 0 fully saturated rings. The van der Waals surface area contributed by atoms with Crippen LogP contribution >= 0.6 is 11.6 Å². The number of rotatable bonds is 5. The summed E-state index contributed by atoms with van der Waals surface area (Å²) in [7, 11) is 0. The lowest BCUT2D eigenvalue weighted by atomic mass is 9.87. The number of hydrogen-bond acceptors (Lipinski definition) is 5. The average molecular weight is 448 g/mol. The van der Waals surface area contributed by atoms with Crippen LogP contribution in [0.5, 0.6) is 0 Å². The van der Waals surface area contributed by atoms with Crippen molar-refractivity contribution in [1.29, 1.82) is 0 Å². The molecule has 0 saturated carbocycles. The number of nitrogens with one attached hydrogen (secondary N) is 1. The molecular weight excluding hydrogens is 418 g/mol. The first-order valence-corrected chi connectivity index (χ1v) is 11.4. The van der Waals surface area contributed by atoms with Gasteiger partial charge in [0.15, 0.2) is 0 Å². The number of anilines is 1. The molecule has 32 heavy (non-hydrogen) atoms. The molecular formula is C26H30ClN5. The van der Waals surface area contributed by atoms with Gasteiger partial charge in [0, 0.05) is 42.7 Å². The minimum absolute atomic E-state index is 0.147. The Morgan fingerprint density at radius 2 is 1.91 bits per heavy atom. The summed E-state index contributed by atoms with van der Waals surface area (Å²) in [5.74, 6) is 0.896. The third-order valence-corrected chi connectivity index (χ3v) is 6.16. The predicted molar refractivity (Wildman–Crippen MR) is 136 cm³/mol. The number of pyridine rings is 1. The summed E-state index contributed by atoms with van der Waals surface area (Å²) < 4.78 is 0. The zero-order chi connectivity index (χ0) is 22.9. The van der Waals surface area contributed by atoms with E-state index in [1.165, 1.54) is 11.1 Å². The minimum Gasteiger partial charge on any atom is -0.355 e. The topological polar surface area (TPSA) is 52.9 Å². The molecule has 0 spiro atoms. The fourth-order valence-corrected chi connectivity index (χ4v) is 4.17. The van der Waals surface area contributed by atoms with Gasteiger partial charge < -0.3 is 10.2 Å². The standard InChI is InChI=1S/C26H30ClN5/c1-17-14-24(31-30-17)20-15-23(27)25(28-16-20)19-10-12-32(13-11-19)18(2)29-22-8-6-21(7-9-22)26(3,4)5/h6-10,15-16,29H,2,11-14H2,1,3-5H3. The van der Waals surface area contributed by atoms with E-state index in [1.807, 2.05) is 19.2 Å². The van der Waals surface area contributed by atoms with E-state index in [2.05, 4.69) is 83.1 Å². The van der Waals surface area contributed by atoms with Gasteiger partial charge in [0.25, 0.3) is 0 Å². The number of halogens is 1. The van der Waals surface area contributed by atoms with Gasteiger partial charge in [-0.2, -0.15) is 10.2 Å². The minimum atomic E-state index is 0.147. The summed E-state index contributed by atoms with van der Waals surface area (Å²) in [5, 5.41) is 12.4. The summed E-state index contributed by atoms with van der Waals surface area (Å²) in [6.45, 7) is 14.5. The van der Waals surface area contributed by atoms with Crippen LogP contribution in [-0.4, -0.2) is 34.4 Å². The van der Waals surface area contributed by atoms with Gasteiger partial charge in [0.1, 0.15) is 0 Å². The fourth-order valence-electron chi connectivity index (χ4n) is 3.88. The Morgan fingerprint density at radius 3 is 2.47 bits per heavy atom. The largest absolute Gasteiger partial charge is 0.355 e. The van der Waals surface area contributed by atoms with Crippen molar-refractivity contribution < 1.29 is 0 Å². The Morgan fingerprint density at radius 1 is 1.16 bits per heavy atom. The van der Waals surface area contributed by atoms with Crippen LogP contribution in [-0.2, 0) is 5.41 Å². The van der Waals surface area contributed by atoms with Crippen molar-refractivity contribution in [3.8, 4) is 0 Å². The van der Waals surface area contributed by atoms with E-state index in [1.54, 1.807) is 0 Å². The van der Waals surface area contributed by atoms with E-state index in [9.17, 15) is 0 Å². The van der Waals surface area contributed by atoms with Crippen molar-refractivity contribution in [2.45, 2.75) is 46.0 Å². The number of aromatic nitrogens is 1. The quantitative estimate of drug-likeness (QED) is 0.587. The Hall–Kier alpha value is -2.92. The lowest BCUT2D eigenvalue weighted by Gasteiger charge is -2.30. The molecule has 0 radical (unpaired) electrons. The highest BCUT2D eigenvalue weighted by atomic mass is 35.5. The first-order chi connectivity index (χ1) is 15.2. The molecule has 0 atom stereocenters. The average Bonchev–Trinajstić information content (AvgIpc) is 3.20. The normalized spacial score (nSPS) is 16.4. The fraction of sp³-hybridized carbons (Fsp3) is 0.346. The third-order valence-electron chi connectivity index (χ3n) is 5.87. The highest BCUT2D eigenvalue weighted by Crippen LogP contribution is 2.30. The van der Waals surface area contributed by atoms with E-state index in [0.717, 1.165) is 60.1 Å². The molecule has 0 saturated heterocycles. The second-order valence-corrected chi connectivity index (χ2v) is 9.84. The van der Waals surface area contributed by atoms with E-state index in [4.69, 9.17) is 11.6 Å². The monoisotopic (exact) mass is 447 g/mol. The van der Waals surface area contributed by atoms with Crippen LogP contribution in [0.3, 0.4) is 0 Å². The first kappa shape index (κ1) is 22.3. The van der Waals surface area contributed by atoms with Crippen LogP contribution < -0.4 is 5.32 Å². The maximum Gasteiger partial charge on any atom is 0.0986 e. The summed E-state index contributed by atoms with van der Waals surface area (Å²) in [6.07, 6.45) is 5.65. The number of benzene rings is 1. The second-order valence-electron chi connectivity index (χ2n) is 9.44. The first-order valence-electron chi connectivity index (χ1n) is 11.0. The zero-order valence-corrected chi connectivity index (χ0v) is 20.0.